The zero-order chi connectivity index (χ0) is 13.8. The Hall–Kier alpha value is -1.15. The predicted octanol–water partition coefficient (Wildman–Crippen LogP) is 3.72. The van der Waals surface area contributed by atoms with Crippen molar-refractivity contribution >= 4 is 50.6 Å². The highest BCUT2D eigenvalue weighted by molar-refractivity contribution is 14.1. The van der Waals surface area contributed by atoms with Crippen molar-refractivity contribution in [3.8, 4) is 0 Å². The van der Waals surface area contributed by atoms with Crippen molar-refractivity contribution < 1.29 is 9.21 Å². The zero-order valence-electron chi connectivity index (χ0n) is 9.98. The number of furan rings is 1. The van der Waals surface area contributed by atoms with Gasteiger partial charge in [0.25, 0.3) is 5.91 Å². The number of aryl methyl sites for hydroxylation is 1. The maximum atomic E-state index is 11.8. The lowest BCUT2D eigenvalue weighted by atomic mass is 10.1. The summed E-state index contributed by atoms with van der Waals surface area (Å²) in [4.78, 5) is 11.8. The van der Waals surface area contributed by atoms with Crippen molar-refractivity contribution in [3.63, 3.8) is 0 Å². The van der Waals surface area contributed by atoms with E-state index in [9.17, 15) is 4.79 Å². The largest absolute Gasteiger partial charge is 0.448 e. The summed E-state index contributed by atoms with van der Waals surface area (Å²) >= 11 is 5.39. The van der Waals surface area contributed by atoms with Gasteiger partial charge >= 0.3 is 0 Å². The minimum atomic E-state index is -0.253. The number of hydrogen-bond donors (Lipinski definition) is 1. The molecule has 98 valence electrons. The van der Waals surface area contributed by atoms with E-state index in [4.69, 9.17) is 4.42 Å². The molecular weight excluding hydrogens is 423 g/mol. The van der Waals surface area contributed by atoms with Crippen LogP contribution < -0.4 is 5.43 Å². The quantitative estimate of drug-likeness (QED) is 0.456. The third kappa shape index (κ3) is 3.90. The van der Waals surface area contributed by atoms with Gasteiger partial charge < -0.3 is 4.42 Å². The van der Waals surface area contributed by atoms with Crippen LogP contribution in [-0.2, 0) is 0 Å². The number of nitrogens with one attached hydrogen (secondary N) is 1. The first-order chi connectivity index (χ1) is 9.06. The van der Waals surface area contributed by atoms with Crippen molar-refractivity contribution in [3.05, 3.63) is 55.5 Å². The Kier molecular flexibility index (Phi) is 4.76. The number of amides is 1. The van der Waals surface area contributed by atoms with E-state index in [0.717, 1.165) is 13.8 Å². The van der Waals surface area contributed by atoms with Gasteiger partial charge in [0, 0.05) is 34.2 Å². The van der Waals surface area contributed by atoms with Crippen LogP contribution in [0.1, 0.15) is 21.7 Å². The minimum Gasteiger partial charge on any atom is -0.448 e. The molecule has 0 radical (unpaired) electrons. The Bertz CT molecular complexity index is 601. The summed E-state index contributed by atoms with van der Waals surface area (Å²) in [5.41, 5.74) is 4.12. The fraction of sp³-hybridized carbons (Fsp3) is 0.0769. The number of hydrazone groups is 1. The van der Waals surface area contributed by atoms with Gasteiger partial charge in [-0.3, -0.25) is 4.79 Å². The summed E-state index contributed by atoms with van der Waals surface area (Å²) in [6, 6.07) is 9.05. The van der Waals surface area contributed by atoms with Gasteiger partial charge in [0.2, 0.25) is 0 Å². The third-order valence-corrected chi connectivity index (χ3v) is 4.47. The normalized spacial score (nSPS) is 10.9. The molecule has 1 N–H and O–H groups in total. The van der Waals surface area contributed by atoms with Gasteiger partial charge in [-0.2, -0.15) is 5.10 Å². The second-order valence-corrected chi connectivity index (χ2v) is 5.67. The zero-order valence-corrected chi connectivity index (χ0v) is 13.7. The summed E-state index contributed by atoms with van der Waals surface area (Å²) < 4.78 is 6.96. The van der Waals surface area contributed by atoms with E-state index in [1.807, 2.05) is 19.1 Å². The fourth-order valence-electron chi connectivity index (χ4n) is 1.35. The van der Waals surface area contributed by atoms with Crippen LogP contribution in [0.15, 0.2) is 44.3 Å². The Morgan fingerprint density at radius 3 is 2.68 bits per heavy atom. The van der Waals surface area contributed by atoms with Gasteiger partial charge in [-0.1, -0.05) is 17.7 Å². The monoisotopic (exact) mass is 432 g/mol. The molecule has 1 aromatic carbocycles. The van der Waals surface area contributed by atoms with Gasteiger partial charge in [-0.25, -0.2) is 5.43 Å². The van der Waals surface area contributed by atoms with Crippen LogP contribution in [0.5, 0.6) is 0 Å². The number of halogens is 2. The number of nitrogens with zero attached hydrogens (tertiary/aromatic N) is 1. The molecule has 0 saturated carbocycles. The van der Waals surface area contributed by atoms with Crippen molar-refractivity contribution in [2.75, 3.05) is 0 Å². The number of hydrogen-bond acceptors (Lipinski definition) is 3. The molecule has 0 saturated heterocycles. The minimum absolute atomic E-state index is 0.253. The van der Waals surface area contributed by atoms with Crippen LogP contribution in [0, 0.1) is 10.7 Å². The molecule has 0 aliphatic heterocycles. The number of rotatable bonds is 3. The van der Waals surface area contributed by atoms with Crippen LogP contribution in [0.3, 0.4) is 0 Å². The highest BCUT2D eigenvalue weighted by Gasteiger charge is 2.05. The lowest BCUT2D eigenvalue weighted by Gasteiger charge is -1.99. The Morgan fingerprint density at radius 1 is 1.42 bits per heavy atom. The van der Waals surface area contributed by atoms with Gasteiger partial charge in [0.15, 0.2) is 3.77 Å². The molecule has 4 nitrogen and oxygen atoms in total. The molecule has 1 amide bonds. The van der Waals surface area contributed by atoms with Crippen molar-refractivity contribution in [2.45, 2.75) is 6.92 Å². The summed E-state index contributed by atoms with van der Waals surface area (Å²) in [5.74, 6) is 0.317. The van der Waals surface area contributed by atoms with Gasteiger partial charge in [-0.15, -0.1) is 0 Å². The van der Waals surface area contributed by atoms with Gasteiger partial charge in [0.1, 0.15) is 5.76 Å². The summed E-state index contributed by atoms with van der Waals surface area (Å²) in [5, 5.41) is 3.85. The molecule has 0 atom stereocenters. The van der Waals surface area contributed by atoms with Crippen LogP contribution in [0.25, 0.3) is 0 Å². The predicted molar refractivity (Wildman–Crippen MR) is 85.4 cm³/mol. The second-order valence-electron chi connectivity index (χ2n) is 3.84. The van der Waals surface area contributed by atoms with Crippen LogP contribution in [0.2, 0.25) is 0 Å². The van der Waals surface area contributed by atoms with Crippen LogP contribution in [0.4, 0.5) is 0 Å². The molecule has 0 aliphatic carbocycles. The van der Waals surface area contributed by atoms with Gasteiger partial charge in [-0.05, 0) is 35.0 Å². The molecular formula is C13H10BrIN2O2. The van der Waals surface area contributed by atoms with E-state index in [0.29, 0.717) is 11.3 Å². The first-order valence-corrected chi connectivity index (χ1v) is 7.28. The summed E-state index contributed by atoms with van der Waals surface area (Å²) in [6.07, 6.45) is 1.46. The molecule has 0 unspecified atom stereocenters. The highest BCUT2D eigenvalue weighted by atomic mass is 127. The number of carbonyl (C=O) groups is 1. The highest BCUT2D eigenvalue weighted by Crippen LogP contribution is 2.21. The lowest BCUT2D eigenvalue weighted by molar-refractivity contribution is 0.0955. The van der Waals surface area contributed by atoms with Gasteiger partial charge in [0.05, 0.1) is 10.7 Å². The van der Waals surface area contributed by atoms with E-state index >= 15 is 0 Å². The maximum absolute atomic E-state index is 11.8. The Morgan fingerprint density at radius 2 is 2.11 bits per heavy atom. The molecule has 0 spiro atoms. The summed E-state index contributed by atoms with van der Waals surface area (Å²) in [6.45, 7) is 1.97. The standard InChI is InChI=1S/C13H10BrIN2O2/c1-8-2-4-9(5-3-8)13(18)17-16-7-10-6-11(14)12(15)19-10/h2-7H,1H3,(H,17,18)/b16-7-. The SMILES string of the molecule is Cc1ccc(C(=O)N/N=C\c2cc(Br)c(I)o2)cc1. The maximum Gasteiger partial charge on any atom is 0.271 e. The second kappa shape index (κ2) is 6.33. The lowest BCUT2D eigenvalue weighted by Crippen LogP contribution is -2.17. The van der Waals surface area contributed by atoms with Crippen molar-refractivity contribution in [2.24, 2.45) is 5.10 Å². The smallest absolute Gasteiger partial charge is 0.271 e. The molecule has 0 bridgehead atoms. The molecule has 2 aromatic rings. The molecule has 2 rings (SSSR count). The van der Waals surface area contributed by atoms with E-state index in [1.54, 1.807) is 18.2 Å². The van der Waals surface area contributed by atoms with Crippen molar-refractivity contribution in [1.29, 1.82) is 0 Å². The van der Waals surface area contributed by atoms with Crippen LogP contribution >= 0.6 is 38.5 Å². The molecule has 1 heterocycles. The Balaban J connectivity index is 1.98. The van der Waals surface area contributed by atoms with E-state index < -0.39 is 0 Å². The fourth-order valence-corrected chi connectivity index (χ4v) is 2.07. The topological polar surface area (TPSA) is 54.6 Å². The van der Waals surface area contributed by atoms with E-state index in [-0.39, 0.29) is 5.91 Å². The average Bonchev–Trinajstić information content (AvgIpc) is 2.69. The third-order valence-electron chi connectivity index (χ3n) is 2.34. The molecule has 0 fully saturated rings. The first kappa shape index (κ1) is 14.3. The van der Waals surface area contributed by atoms with E-state index in [2.05, 4.69) is 49.0 Å². The van der Waals surface area contributed by atoms with Crippen LogP contribution in [-0.4, -0.2) is 12.1 Å². The Labute approximate surface area is 132 Å². The summed E-state index contributed by atoms with van der Waals surface area (Å²) in [7, 11) is 0. The molecule has 1 aromatic heterocycles. The molecule has 0 aliphatic rings. The van der Waals surface area contributed by atoms with Crippen molar-refractivity contribution in [1.82, 2.24) is 5.43 Å². The number of benzene rings is 1. The number of carbonyl (C=O) groups excluding carboxylic acids is 1. The molecule has 6 heteroatoms. The van der Waals surface area contributed by atoms with E-state index in [1.165, 1.54) is 6.21 Å². The molecule has 19 heavy (non-hydrogen) atoms. The average molecular weight is 433 g/mol. The first-order valence-electron chi connectivity index (χ1n) is 5.41.